The van der Waals surface area contributed by atoms with E-state index in [1.165, 1.54) is 6.07 Å². The van der Waals surface area contributed by atoms with Crippen molar-refractivity contribution >= 4 is 6.08 Å². The maximum absolute atomic E-state index is 11.3. The Hall–Kier alpha value is -2.34. The summed E-state index contributed by atoms with van der Waals surface area (Å²) < 4.78 is 0. The van der Waals surface area contributed by atoms with E-state index in [-0.39, 0.29) is 0 Å². The zero-order valence-electron chi connectivity index (χ0n) is 10.8. The van der Waals surface area contributed by atoms with E-state index in [2.05, 4.69) is 15.2 Å². The standard InChI is InChI=1S/C14H15N3O3/c18-10-3-4-12-11(6-10)8(7-15-12)1-2-9-5-13(19)14(20)17-16-9/h3-5,7,10,15,18H,1-2,6H2,(H,16,19)(H,17,20). The third-order valence-electron chi connectivity index (χ3n) is 3.54. The number of aryl methyl sites for hydroxylation is 2. The molecule has 0 spiro atoms. The van der Waals surface area contributed by atoms with Crippen LogP contribution in [0.4, 0.5) is 0 Å². The largest absolute Gasteiger partial charge is 0.389 e. The minimum atomic E-state index is -0.638. The molecule has 0 bridgehead atoms. The molecule has 1 atom stereocenters. The molecule has 3 rings (SSSR count). The molecule has 6 nitrogen and oxygen atoms in total. The molecule has 6 heteroatoms. The Morgan fingerprint density at radius 2 is 2.10 bits per heavy atom. The molecule has 1 aliphatic rings. The highest BCUT2D eigenvalue weighted by molar-refractivity contribution is 5.56. The summed E-state index contributed by atoms with van der Waals surface area (Å²) in [5.41, 5.74) is 2.79. The molecule has 0 saturated carbocycles. The highest BCUT2D eigenvalue weighted by Crippen LogP contribution is 2.23. The minimum absolute atomic E-state index is 0.440. The Bertz CT molecular complexity index is 766. The van der Waals surface area contributed by atoms with Crippen LogP contribution in [0.5, 0.6) is 0 Å². The van der Waals surface area contributed by atoms with Crippen molar-refractivity contribution in [2.45, 2.75) is 25.4 Å². The second kappa shape index (κ2) is 4.97. The van der Waals surface area contributed by atoms with Crippen molar-refractivity contribution in [3.8, 4) is 0 Å². The van der Waals surface area contributed by atoms with Gasteiger partial charge in [-0.25, -0.2) is 0 Å². The van der Waals surface area contributed by atoms with Crippen LogP contribution < -0.4 is 11.0 Å². The van der Waals surface area contributed by atoms with E-state index in [0.29, 0.717) is 18.5 Å². The van der Waals surface area contributed by atoms with Crippen molar-refractivity contribution in [1.82, 2.24) is 15.2 Å². The molecular weight excluding hydrogens is 258 g/mol. The molecule has 0 saturated heterocycles. The van der Waals surface area contributed by atoms with Gasteiger partial charge in [0.2, 0.25) is 5.43 Å². The number of hydrogen-bond acceptors (Lipinski definition) is 3. The van der Waals surface area contributed by atoms with Crippen molar-refractivity contribution in [1.29, 1.82) is 0 Å². The number of rotatable bonds is 3. The molecule has 0 aliphatic heterocycles. The van der Waals surface area contributed by atoms with E-state index in [0.717, 1.165) is 23.2 Å². The van der Waals surface area contributed by atoms with E-state index >= 15 is 0 Å². The Morgan fingerprint density at radius 1 is 1.25 bits per heavy atom. The average Bonchev–Trinajstić information content (AvgIpc) is 2.82. The van der Waals surface area contributed by atoms with Gasteiger partial charge in [-0.15, -0.1) is 0 Å². The van der Waals surface area contributed by atoms with E-state index in [1.54, 1.807) is 6.08 Å². The van der Waals surface area contributed by atoms with Crippen LogP contribution in [-0.2, 0) is 19.3 Å². The van der Waals surface area contributed by atoms with E-state index in [4.69, 9.17) is 0 Å². The van der Waals surface area contributed by atoms with Gasteiger partial charge in [0, 0.05) is 30.1 Å². The lowest BCUT2D eigenvalue weighted by Gasteiger charge is -2.13. The molecule has 0 amide bonds. The van der Waals surface area contributed by atoms with Crippen LogP contribution in [0, 0.1) is 0 Å². The number of aromatic amines is 3. The second-order valence-electron chi connectivity index (χ2n) is 4.95. The summed E-state index contributed by atoms with van der Waals surface area (Å²) in [6.07, 6.45) is 7.09. The third-order valence-corrected chi connectivity index (χ3v) is 3.54. The van der Waals surface area contributed by atoms with Crippen LogP contribution in [0.3, 0.4) is 0 Å². The van der Waals surface area contributed by atoms with E-state index < -0.39 is 17.1 Å². The summed E-state index contributed by atoms with van der Waals surface area (Å²) in [7, 11) is 0. The molecule has 1 aliphatic carbocycles. The van der Waals surface area contributed by atoms with Crippen LogP contribution in [-0.4, -0.2) is 26.4 Å². The van der Waals surface area contributed by atoms with Crippen LogP contribution in [0.25, 0.3) is 6.08 Å². The molecule has 0 aromatic carbocycles. The van der Waals surface area contributed by atoms with Gasteiger partial charge >= 0.3 is 5.56 Å². The molecule has 4 N–H and O–H groups in total. The van der Waals surface area contributed by atoms with Crippen molar-refractivity contribution in [2.75, 3.05) is 0 Å². The zero-order valence-corrected chi connectivity index (χ0v) is 10.8. The van der Waals surface area contributed by atoms with Crippen molar-refractivity contribution < 1.29 is 5.11 Å². The highest BCUT2D eigenvalue weighted by Gasteiger charge is 2.16. The first-order valence-corrected chi connectivity index (χ1v) is 6.50. The fourth-order valence-corrected chi connectivity index (χ4v) is 2.47. The van der Waals surface area contributed by atoms with Crippen LogP contribution in [0.1, 0.15) is 22.5 Å². The predicted octanol–water partition coefficient (Wildman–Crippen LogP) is 0.107. The lowest BCUT2D eigenvalue weighted by molar-refractivity contribution is 0.223. The Balaban J connectivity index is 1.78. The molecule has 20 heavy (non-hydrogen) atoms. The summed E-state index contributed by atoms with van der Waals surface area (Å²) in [6.45, 7) is 0. The Labute approximate surface area is 114 Å². The fourth-order valence-electron chi connectivity index (χ4n) is 2.47. The number of aromatic nitrogens is 3. The van der Waals surface area contributed by atoms with Gasteiger partial charge in [0.1, 0.15) is 0 Å². The first-order chi connectivity index (χ1) is 9.63. The van der Waals surface area contributed by atoms with Gasteiger partial charge in [0.05, 0.1) is 6.10 Å². The summed E-state index contributed by atoms with van der Waals surface area (Å²) in [5.74, 6) is 0. The lowest BCUT2D eigenvalue weighted by atomic mass is 9.96. The van der Waals surface area contributed by atoms with Crippen molar-refractivity contribution in [3.05, 3.63) is 61.4 Å². The number of nitrogens with one attached hydrogen (secondary N) is 3. The smallest absolute Gasteiger partial charge is 0.310 e. The molecule has 1 unspecified atom stereocenters. The SMILES string of the molecule is O=c1cc(CCc2c[nH]c3c2CC(O)C=C3)[nH][nH]c1=O. The number of H-pyrrole nitrogens is 3. The van der Waals surface area contributed by atoms with E-state index in [9.17, 15) is 14.7 Å². The summed E-state index contributed by atoms with van der Waals surface area (Å²) in [5, 5.41) is 14.7. The first-order valence-electron chi connectivity index (χ1n) is 6.50. The van der Waals surface area contributed by atoms with Crippen molar-refractivity contribution in [2.24, 2.45) is 0 Å². The lowest BCUT2D eigenvalue weighted by Crippen LogP contribution is -2.27. The molecule has 0 fully saturated rings. The topological polar surface area (TPSA) is 102 Å². The highest BCUT2D eigenvalue weighted by atomic mass is 16.3. The van der Waals surface area contributed by atoms with Gasteiger partial charge in [0.15, 0.2) is 0 Å². The molecule has 2 heterocycles. The Kier molecular flexibility index (Phi) is 3.15. The van der Waals surface area contributed by atoms with E-state index in [1.807, 2.05) is 12.3 Å². The zero-order chi connectivity index (χ0) is 14.1. The summed E-state index contributed by atoms with van der Waals surface area (Å²) in [6, 6.07) is 1.33. The maximum Gasteiger partial charge on any atom is 0.310 e. The van der Waals surface area contributed by atoms with Crippen LogP contribution >= 0.6 is 0 Å². The van der Waals surface area contributed by atoms with Gasteiger partial charge in [-0.2, -0.15) is 0 Å². The van der Waals surface area contributed by atoms with Gasteiger partial charge in [-0.05, 0) is 30.0 Å². The molecular formula is C14H15N3O3. The van der Waals surface area contributed by atoms with Gasteiger partial charge < -0.3 is 15.2 Å². The number of hydrogen-bond donors (Lipinski definition) is 4. The fraction of sp³-hybridized carbons (Fsp3) is 0.286. The maximum atomic E-state index is 11.3. The quantitative estimate of drug-likeness (QED) is 0.597. The van der Waals surface area contributed by atoms with Gasteiger partial charge in [0.25, 0.3) is 0 Å². The van der Waals surface area contributed by atoms with Gasteiger partial charge in [-0.1, -0.05) is 6.08 Å². The number of aliphatic hydroxyl groups excluding tert-OH is 1. The first kappa shape index (κ1) is 12.7. The second-order valence-corrected chi connectivity index (χ2v) is 4.95. The van der Waals surface area contributed by atoms with Crippen LogP contribution in [0.15, 0.2) is 27.9 Å². The monoisotopic (exact) mass is 273 g/mol. The predicted molar refractivity (Wildman–Crippen MR) is 74.6 cm³/mol. The van der Waals surface area contributed by atoms with Crippen LogP contribution in [0.2, 0.25) is 0 Å². The minimum Gasteiger partial charge on any atom is -0.389 e. The summed E-state index contributed by atoms with van der Waals surface area (Å²) >= 11 is 0. The normalized spacial score (nSPS) is 17.1. The Morgan fingerprint density at radius 3 is 2.90 bits per heavy atom. The molecule has 2 aromatic heterocycles. The molecule has 2 aromatic rings. The molecule has 104 valence electrons. The van der Waals surface area contributed by atoms with Crippen molar-refractivity contribution in [3.63, 3.8) is 0 Å². The molecule has 0 radical (unpaired) electrons. The third kappa shape index (κ3) is 2.37. The average molecular weight is 273 g/mol. The summed E-state index contributed by atoms with van der Waals surface area (Å²) in [4.78, 5) is 25.4. The number of aliphatic hydroxyl groups is 1. The number of fused-ring (bicyclic) bond motifs is 1. The van der Waals surface area contributed by atoms with Gasteiger partial charge in [-0.3, -0.25) is 14.7 Å².